The van der Waals surface area contributed by atoms with Crippen LogP contribution in [0.25, 0.3) is 0 Å². The van der Waals surface area contributed by atoms with Gasteiger partial charge in [0.15, 0.2) is 0 Å². The highest BCUT2D eigenvalue weighted by molar-refractivity contribution is 7.86. The summed E-state index contributed by atoms with van der Waals surface area (Å²) in [6, 6.07) is 7.28. The molecular formula is C16H23N3O3S. The number of hydrogen-bond donors (Lipinski definition) is 1. The summed E-state index contributed by atoms with van der Waals surface area (Å²) in [5, 5.41) is 2.95. The Kier molecular flexibility index (Phi) is 3.98. The molecule has 3 rings (SSSR count). The molecule has 2 atom stereocenters. The minimum Gasteiger partial charge on any atom is -0.325 e. The van der Waals surface area contributed by atoms with E-state index in [9.17, 15) is 13.2 Å². The number of anilines is 1. The van der Waals surface area contributed by atoms with Crippen molar-refractivity contribution in [2.45, 2.75) is 37.6 Å². The Morgan fingerprint density at radius 3 is 2.70 bits per heavy atom. The third-order valence-electron chi connectivity index (χ3n) is 5.02. The van der Waals surface area contributed by atoms with Crippen LogP contribution in [0.4, 0.5) is 5.69 Å². The molecule has 2 aliphatic rings. The standard InChI is InChI=1S/C16H23N3O3S/c1-4-7-14-16(10-11-19(14)23(21,22)18(2)3)12-8-5-6-9-13(12)17-15(16)20/h5-6,8-9,14H,4,7,10-11H2,1-3H3,(H,17,20)/t14-,16+/m0/s1. The normalized spacial score (nSPS) is 27.7. The van der Waals surface area contributed by atoms with Crippen molar-refractivity contribution in [2.75, 3.05) is 26.0 Å². The second-order valence-electron chi connectivity index (χ2n) is 6.43. The fraction of sp³-hybridized carbons (Fsp3) is 0.562. The lowest BCUT2D eigenvalue weighted by Gasteiger charge is -2.34. The Balaban J connectivity index is 2.12. The number of hydrogen-bond acceptors (Lipinski definition) is 3. The molecule has 23 heavy (non-hydrogen) atoms. The summed E-state index contributed by atoms with van der Waals surface area (Å²) >= 11 is 0. The lowest BCUT2D eigenvalue weighted by atomic mass is 9.74. The van der Waals surface area contributed by atoms with Crippen LogP contribution < -0.4 is 5.32 Å². The molecule has 0 radical (unpaired) electrons. The predicted molar refractivity (Wildman–Crippen MR) is 89.4 cm³/mol. The summed E-state index contributed by atoms with van der Waals surface area (Å²) in [5.74, 6) is -0.0754. The SMILES string of the molecule is CCC[C@@H]1N(S(=O)(=O)N(C)C)CC[C@]12C(=O)Nc1ccccc12. The second kappa shape index (κ2) is 5.58. The van der Waals surface area contributed by atoms with Gasteiger partial charge in [-0.15, -0.1) is 0 Å². The average Bonchev–Trinajstić information content (AvgIpc) is 3.01. The van der Waals surface area contributed by atoms with E-state index in [2.05, 4.69) is 5.32 Å². The molecule has 126 valence electrons. The van der Waals surface area contributed by atoms with Gasteiger partial charge in [0.2, 0.25) is 5.91 Å². The van der Waals surface area contributed by atoms with Crippen LogP contribution >= 0.6 is 0 Å². The molecular weight excluding hydrogens is 314 g/mol. The van der Waals surface area contributed by atoms with Crippen molar-refractivity contribution in [3.8, 4) is 0 Å². The molecule has 0 saturated carbocycles. The molecule has 1 aromatic rings. The number of carbonyl (C=O) groups excluding carboxylic acids is 1. The number of nitrogens with zero attached hydrogens (tertiary/aromatic N) is 2. The number of benzene rings is 1. The first-order valence-electron chi connectivity index (χ1n) is 7.96. The fourth-order valence-electron chi connectivity index (χ4n) is 3.92. The van der Waals surface area contributed by atoms with Gasteiger partial charge in [-0.25, -0.2) is 0 Å². The highest BCUT2D eigenvalue weighted by Gasteiger charge is 2.59. The number of nitrogens with one attached hydrogen (secondary N) is 1. The van der Waals surface area contributed by atoms with Gasteiger partial charge in [-0.2, -0.15) is 17.0 Å². The zero-order valence-electron chi connectivity index (χ0n) is 13.7. The van der Waals surface area contributed by atoms with Gasteiger partial charge in [-0.3, -0.25) is 4.79 Å². The summed E-state index contributed by atoms with van der Waals surface area (Å²) in [7, 11) is -0.483. The van der Waals surface area contributed by atoms with Crippen LogP contribution in [0, 0.1) is 0 Å². The van der Waals surface area contributed by atoms with Crippen LogP contribution in [0.3, 0.4) is 0 Å². The molecule has 6 nitrogen and oxygen atoms in total. The van der Waals surface area contributed by atoms with Gasteiger partial charge in [0.25, 0.3) is 10.2 Å². The van der Waals surface area contributed by atoms with E-state index < -0.39 is 15.6 Å². The fourth-order valence-corrected chi connectivity index (χ4v) is 5.27. The molecule has 0 aromatic heterocycles. The van der Waals surface area contributed by atoms with E-state index >= 15 is 0 Å². The third-order valence-corrected chi connectivity index (χ3v) is 6.98. The van der Waals surface area contributed by atoms with Crippen LogP contribution in [0.15, 0.2) is 24.3 Å². The van der Waals surface area contributed by atoms with Crippen molar-refractivity contribution >= 4 is 21.8 Å². The average molecular weight is 337 g/mol. The minimum absolute atomic E-state index is 0.0754. The molecule has 1 N–H and O–H groups in total. The minimum atomic E-state index is -3.55. The summed E-state index contributed by atoms with van der Waals surface area (Å²) < 4.78 is 28.1. The lowest BCUT2D eigenvalue weighted by molar-refractivity contribution is -0.121. The molecule has 1 amide bonds. The number of rotatable bonds is 4. The van der Waals surface area contributed by atoms with E-state index in [1.54, 1.807) is 0 Å². The molecule has 0 aliphatic carbocycles. The molecule has 7 heteroatoms. The molecule has 1 fully saturated rings. The zero-order valence-corrected chi connectivity index (χ0v) is 14.6. The van der Waals surface area contributed by atoms with Gasteiger partial charge in [0.05, 0.1) is 5.41 Å². The third kappa shape index (κ3) is 2.21. The maximum Gasteiger partial charge on any atom is 0.281 e. The van der Waals surface area contributed by atoms with Crippen molar-refractivity contribution in [1.82, 2.24) is 8.61 Å². The van der Waals surface area contributed by atoms with Crippen molar-refractivity contribution < 1.29 is 13.2 Å². The van der Waals surface area contributed by atoms with E-state index in [0.717, 1.165) is 17.7 Å². The molecule has 0 unspecified atom stereocenters. The Morgan fingerprint density at radius 2 is 2.04 bits per heavy atom. The van der Waals surface area contributed by atoms with Gasteiger partial charge in [-0.05, 0) is 24.5 Å². The number of amides is 1. The summed E-state index contributed by atoms with van der Waals surface area (Å²) in [6.07, 6.45) is 2.00. The Morgan fingerprint density at radius 1 is 1.35 bits per heavy atom. The first-order valence-corrected chi connectivity index (χ1v) is 9.35. The maximum atomic E-state index is 12.8. The topological polar surface area (TPSA) is 69.7 Å². The summed E-state index contributed by atoms with van der Waals surface area (Å²) in [5.41, 5.74) is 0.970. The Bertz CT molecular complexity index is 732. The van der Waals surface area contributed by atoms with Crippen molar-refractivity contribution in [1.29, 1.82) is 0 Å². The van der Waals surface area contributed by atoms with E-state index in [0.29, 0.717) is 19.4 Å². The van der Waals surface area contributed by atoms with E-state index in [1.165, 1.54) is 22.7 Å². The van der Waals surface area contributed by atoms with Gasteiger partial charge in [0.1, 0.15) is 0 Å². The van der Waals surface area contributed by atoms with Gasteiger partial charge >= 0.3 is 0 Å². The van der Waals surface area contributed by atoms with E-state index in [1.807, 2.05) is 31.2 Å². The van der Waals surface area contributed by atoms with Crippen LogP contribution in [-0.4, -0.2) is 49.6 Å². The largest absolute Gasteiger partial charge is 0.325 e. The Labute approximate surface area is 137 Å². The maximum absolute atomic E-state index is 12.8. The summed E-state index contributed by atoms with van der Waals surface area (Å²) in [4.78, 5) is 12.8. The van der Waals surface area contributed by atoms with Crippen molar-refractivity contribution in [3.05, 3.63) is 29.8 Å². The first kappa shape index (κ1) is 16.4. The molecule has 1 saturated heterocycles. The van der Waals surface area contributed by atoms with Crippen LogP contribution in [-0.2, 0) is 20.4 Å². The lowest BCUT2D eigenvalue weighted by Crippen LogP contribution is -2.51. The van der Waals surface area contributed by atoms with Gasteiger partial charge < -0.3 is 5.32 Å². The number of para-hydroxylation sites is 1. The number of carbonyl (C=O) groups is 1. The monoisotopic (exact) mass is 337 g/mol. The van der Waals surface area contributed by atoms with Gasteiger partial charge in [0, 0.05) is 32.4 Å². The van der Waals surface area contributed by atoms with E-state index in [4.69, 9.17) is 0 Å². The Hall–Kier alpha value is -1.44. The molecule has 0 bridgehead atoms. The van der Waals surface area contributed by atoms with Crippen LogP contribution in [0.5, 0.6) is 0 Å². The van der Waals surface area contributed by atoms with Crippen molar-refractivity contribution in [2.24, 2.45) is 0 Å². The second-order valence-corrected chi connectivity index (χ2v) is 8.52. The summed E-state index contributed by atoms with van der Waals surface area (Å²) in [6.45, 7) is 2.39. The molecule has 1 aromatic carbocycles. The first-order chi connectivity index (χ1) is 10.9. The molecule has 2 heterocycles. The quantitative estimate of drug-likeness (QED) is 0.906. The predicted octanol–water partition coefficient (Wildman–Crippen LogP) is 1.56. The molecule has 2 aliphatic heterocycles. The smallest absolute Gasteiger partial charge is 0.281 e. The number of fused-ring (bicyclic) bond motifs is 2. The van der Waals surface area contributed by atoms with Crippen LogP contribution in [0.1, 0.15) is 31.7 Å². The van der Waals surface area contributed by atoms with Crippen LogP contribution in [0.2, 0.25) is 0 Å². The highest BCUT2D eigenvalue weighted by atomic mass is 32.2. The van der Waals surface area contributed by atoms with Gasteiger partial charge in [-0.1, -0.05) is 31.5 Å². The molecule has 1 spiro atoms. The highest BCUT2D eigenvalue weighted by Crippen LogP contribution is 2.50. The van der Waals surface area contributed by atoms with Crippen molar-refractivity contribution in [3.63, 3.8) is 0 Å². The van der Waals surface area contributed by atoms with E-state index in [-0.39, 0.29) is 11.9 Å². The zero-order chi connectivity index (χ0) is 16.8.